The molecule has 2 aliphatic heterocycles. The molecule has 0 bridgehead atoms. The van der Waals surface area contributed by atoms with Gasteiger partial charge in [-0.3, -0.25) is 29.5 Å². The molecule has 14 nitrogen and oxygen atoms in total. The van der Waals surface area contributed by atoms with Gasteiger partial charge in [0.15, 0.2) is 0 Å². The van der Waals surface area contributed by atoms with Gasteiger partial charge in [0.05, 0.1) is 29.8 Å². The second-order valence-corrected chi connectivity index (χ2v) is 16.2. The SMILES string of the molecule is CC1=C(C(=O)OCc2ccccc2)C(c2ccc([N+](=O)[O-])cc2)NC(=O)N1CCCC(=O)N(CCN1CCOCC1)C(C(=O)NC(C)(C)C)c1ccc(-c2ccccc2)cc1. The summed E-state index contributed by atoms with van der Waals surface area (Å²) < 4.78 is 11.3. The number of carbonyl (C=O) groups is 4. The van der Waals surface area contributed by atoms with E-state index >= 15 is 0 Å². The lowest BCUT2D eigenvalue weighted by Crippen LogP contribution is -2.51. The molecule has 0 radical (unpaired) electrons. The summed E-state index contributed by atoms with van der Waals surface area (Å²) in [5, 5.41) is 17.4. The summed E-state index contributed by atoms with van der Waals surface area (Å²) in [5.41, 5.74) is 3.71. The van der Waals surface area contributed by atoms with Crippen LogP contribution >= 0.6 is 0 Å². The minimum Gasteiger partial charge on any atom is -0.457 e. The van der Waals surface area contributed by atoms with Gasteiger partial charge >= 0.3 is 12.0 Å². The van der Waals surface area contributed by atoms with Gasteiger partial charge in [-0.25, -0.2) is 9.59 Å². The molecular formula is C47H54N6O8. The maximum atomic E-state index is 14.5. The first-order chi connectivity index (χ1) is 29.3. The third-order valence-corrected chi connectivity index (χ3v) is 10.7. The highest BCUT2D eigenvalue weighted by Crippen LogP contribution is 2.33. The highest BCUT2D eigenvalue weighted by Gasteiger charge is 2.38. The predicted molar refractivity (Wildman–Crippen MR) is 231 cm³/mol. The number of rotatable bonds is 16. The lowest BCUT2D eigenvalue weighted by Gasteiger charge is -2.37. The molecule has 0 aliphatic carbocycles. The minimum absolute atomic E-state index is 0.00113. The molecule has 1 saturated heterocycles. The van der Waals surface area contributed by atoms with E-state index in [0.29, 0.717) is 49.7 Å². The van der Waals surface area contributed by atoms with Gasteiger partial charge in [0.25, 0.3) is 5.69 Å². The summed E-state index contributed by atoms with van der Waals surface area (Å²) in [5.74, 6) is -1.23. The molecule has 2 N–H and O–H groups in total. The average Bonchev–Trinajstić information content (AvgIpc) is 3.25. The lowest BCUT2D eigenvalue weighted by molar-refractivity contribution is -0.384. The van der Waals surface area contributed by atoms with Gasteiger partial charge in [-0.05, 0) is 74.1 Å². The molecule has 0 spiro atoms. The van der Waals surface area contributed by atoms with Crippen LogP contribution in [0.15, 0.2) is 120 Å². The molecular weight excluding hydrogens is 777 g/mol. The Morgan fingerprint density at radius 2 is 1.52 bits per heavy atom. The Balaban J connectivity index is 1.26. The number of benzene rings is 4. The Hall–Kier alpha value is -6.38. The summed E-state index contributed by atoms with van der Waals surface area (Å²) in [6, 6.07) is 30.1. The molecule has 14 heteroatoms. The topological polar surface area (TPSA) is 164 Å². The van der Waals surface area contributed by atoms with Crippen molar-refractivity contribution >= 4 is 29.5 Å². The maximum Gasteiger partial charge on any atom is 0.338 e. The van der Waals surface area contributed by atoms with Crippen LogP contribution in [0.4, 0.5) is 10.5 Å². The van der Waals surface area contributed by atoms with Crippen LogP contribution in [0.25, 0.3) is 11.1 Å². The van der Waals surface area contributed by atoms with E-state index in [2.05, 4.69) is 15.5 Å². The van der Waals surface area contributed by atoms with E-state index in [1.54, 1.807) is 11.8 Å². The molecule has 6 rings (SSSR count). The normalized spacial score (nSPS) is 16.4. The van der Waals surface area contributed by atoms with Gasteiger partial charge in [-0.1, -0.05) is 84.9 Å². The molecule has 2 heterocycles. The van der Waals surface area contributed by atoms with Crippen molar-refractivity contribution in [1.29, 1.82) is 0 Å². The zero-order valence-electron chi connectivity index (χ0n) is 35.2. The molecule has 2 atom stereocenters. The van der Waals surface area contributed by atoms with Crippen LogP contribution in [0.5, 0.6) is 0 Å². The molecule has 61 heavy (non-hydrogen) atoms. The number of nitrogens with zero attached hydrogens (tertiary/aromatic N) is 4. The van der Waals surface area contributed by atoms with Crippen LogP contribution in [-0.2, 0) is 30.5 Å². The van der Waals surface area contributed by atoms with Crippen LogP contribution in [0.1, 0.15) is 69.3 Å². The Morgan fingerprint density at radius 1 is 0.902 bits per heavy atom. The summed E-state index contributed by atoms with van der Waals surface area (Å²) in [4.78, 5) is 72.6. The molecule has 320 valence electrons. The summed E-state index contributed by atoms with van der Waals surface area (Å²) in [7, 11) is 0. The van der Waals surface area contributed by atoms with Crippen molar-refractivity contribution in [2.24, 2.45) is 0 Å². The van der Waals surface area contributed by atoms with E-state index < -0.39 is 34.5 Å². The number of nitro groups is 1. The van der Waals surface area contributed by atoms with Gasteiger partial charge in [0, 0.05) is 62.5 Å². The fourth-order valence-corrected chi connectivity index (χ4v) is 7.56. The molecule has 4 aromatic carbocycles. The van der Waals surface area contributed by atoms with Gasteiger partial charge in [0.1, 0.15) is 12.6 Å². The quantitative estimate of drug-likeness (QED) is 0.0692. The Morgan fingerprint density at radius 3 is 2.15 bits per heavy atom. The average molecular weight is 831 g/mol. The third-order valence-electron chi connectivity index (χ3n) is 10.7. The van der Waals surface area contributed by atoms with Gasteiger partial charge in [-0.2, -0.15) is 0 Å². The molecule has 2 unspecified atom stereocenters. The number of allylic oxidation sites excluding steroid dienone is 1. The van der Waals surface area contributed by atoms with E-state index in [1.807, 2.05) is 106 Å². The number of hydrogen-bond donors (Lipinski definition) is 2. The Bertz CT molecular complexity index is 2180. The monoisotopic (exact) mass is 830 g/mol. The molecule has 0 aromatic heterocycles. The number of morpholine rings is 1. The van der Waals surface area contributed by atoms with Gasteiger partial charge < -0.3 is 25.0 Å². The maximum absolute atomic E-state index is 14.5. The molecule has 4 aromatic rings. The zero-order chi connectivity index (χ0) is 43.5. The summed E-state index contributed by atoms with van der Waals surface area (Å²) in [6.45, 7) is 10.8. The fourth-order valence-electron chi connectivity index (χ4n) is 7.56. The highest BCUT2D eigenvalue weighted by molar-refractivity contribution is 5.95. The number of amides is 4. The standard InChI is InChI=1S/C47H54N6O8/c1-33-41(45(56)61-32-34-12-7-5-8-13-34)42(37-21-23-39(24-22-37)53(58)59)48-46(57)51(33)25-11-16-40(54)52(27-26-50-28-30-60-31-29-50)43(44(55)49-47(2,3)4)38-19-17-36(18-20-38)35-14-9-6-10-15-35/h5-10,12-15,17-24,42-43H,11,16,25-32H2,1-4H3,(H,48,57)(H,49,55). The zero-order valence-corrected chi connectivity index (χ0v) is 35.2. The van der Waals surface area contributed by atoms with Gasteiger partial charge in [-0.15, -0.1) is 0 Å². The number of ether oxygens (including phenoxy) is 2. The lowest BCUT2D eigenvalue weighted by atomic mass is 9.94. The largest absolute Gasteiger partial charge is 0.457 e. The van der Waals surface area contributed by atoms with Crippen molar-refractivity contribution in [2.45, 2.75) is 64.8 Å². The van der Waals surface area contributed by atoms with E-state index in [-0.39, 0.29) is 55.6 Å². The number of hydrogen-bond acceptors (Lipinski definition) is 9. The molecule has 4 amide bonds. The van der Waals surface area contributed by atoms with Crippen molar-refractivity contribution in [1.82, 2.24) is 25.3 Å². The van der Waals surface area contributed by atoms with E-state index in [4.69, 9.17) is 9.47 Å². The summed E-state index contributed by atoms with van der Waals surface area (Å²) >= 11 is 0. The van der Waals surface area contributed by atoms with E-state index in [0.717, 1.165) is 16.7 Å². The number of nitro benzene ring substituents is 1. The first-order valence-corrected chi connectivity index (χ1v) is 20.6. The highest BCUT2D eigenvalue weighted by atomic mass is 16.6. The minimum atomic E-state index is -0.944. The van der Waals surface area contributed by atoms with E-state index in [1.165, 1.54) is 29.2 Å². The smallest absolute Gasteiger partial charge is 0.338 e. The van der Waals surface area contributed by atoms with Crippen LogP contribution < -0.4 is 10.6 Å². The molecule has 0 saturated carbocycles. The van der Waals surface area contributed by atoms with Crippen LogP contribution in [0, 0.1) is 10.1 Å². The Labute approximate surface area is 356 Å². The van der Waals surface area contributed by atoms with E-state index in [9.17, 15) is 29.3 Å². The van der Waals surface area contributed by atoms with Crippen LogP contribution in [0.2, 0.25) is 0 Å². The number of esters is 1. The van der Waals surface area contributed by atoms with Gasteiger partial charge in [0.2, 0.25) is 11.8 Å². The number of non-ortho nitro benzene ring substituents is 1. The van der Waals surface area contributed by atoms with Crippen molar-refractivity contribution in [3.05, 3.63) is 147 Å². The first-order valence-electron chi connectivity index (χ1n) is 20.6. The first kappa shape index (κ1) is 44.2. The van der Waals surface area contributed by atoms with Crippen molar-refractivity contribution in [3.63, 3.8) is 0 Å². The van der Waals surface area contributed by atoms with Crippen molar-refractivity contribution in [2.75, 3.05) is 45.9 Å². The second kappa shape index (κ2) is 20.3. The molecule has 1 fully saturated rings. The number of urea groups is 1. The second-order valence-electron chi connectivity index (χ2n) is 16.2. The fraction of sp³-hybridized carbons (Fsp3) is 0.362. The predicted octanol–water partition coefficient (Wildman–Crippen LogP) is 6.94. The van der Waals surface area contributed by atoms with Crippen LogP contribution in [-0.4, -0.2) is 94.9 Å². The molecule has 2 aliphatic rings. The number of carbonyl (C=O) groups excluding carboxylic acids is 4. The van der Waals surface area contributed by atoms with Crippen LogP contribution in [0.3, 0.4) is 0 Å². The third kappa shape index (κ3) is 11.7. The number of nitrogens with one attached hydrogen (secondary N) is 2. The Kier molecular flexibility index (Phi) is 14.7. The van der Waals surface area contributed by atoms with Crippen molar-refractivity contribution in [3.8, 4) is 11.1 Å². The summed E-state index contributed by atoms with van der Waals surface area (Å²) in [6.07, 6.45) is 0.216. The van der Waals surface area contributed by atoms with Crippen molar-refractivity contribution < 1.29 is 33.6 Å².